The lowest BCUT2D eigenvalue weighted by Crippen LogP contribution is -1.97. The third-order valence-electron chi connectivity index (χ3n) is 2.11. The molecule has 0 heterocycles. The van der Waals surface area contributed by atoms with Crippen molar-refractivity contribution in [1.82, 2.24) is 0 Å². The van der Waals surface area contributed by atoms with Gasteiger partial charge in [0.15, 0.2) is 5.78 Å². The molecule has 0 aliphatic rings. The number of hydrogen-bond donors (Lipinski definition) is 1. The smallest absolute Gasteiger partial charge is 0.163 e. The van der Waals surface area contributed by atoms with Gasteiger partial charge in [-0.25, -0.2) is 0 Å². The van der Waals surface area contributed by atoms with Crippen molar-refractivity contribution in [2.45, 2.75) is 31.8 Å². The topological polar surface area (TPSA) is 37.3 Å². The maximum absolute atomic E-state index is 11.3. The van der Waals surface area contributed by atoms with E-state index in [1.165, 1.54) is 13.0 Å². The molecule has 1 aromatic carbocycles. The Hall–Kier alpha value is -0.670. The number of rotatable bonds is 4. The van der Waals surface area contributed by atoms with E-state index in [1.54, 1.807) is 17.8 Å². The predicted octanol–water partition coefficient (Wildman–Crippen LogP) is 3.89. The number of benzene rings is 1. The summed E-state index contributed by atoms with van der Waals surface area (Å²) < 4.78 is 0. The van der Waals surface area contributed by atoms with Crippen LogP contribution in [0.2, 0.25) is 5.02 Å². The van der Waals surface area contributed by atoms with Gasteiger partial charge in [0.05, 0.1) is 5.56 Å². The molecule has 88 valence electrons. The second-order valence-electron chi connectivity index (χ2n) is 3.88. The van der Waals surface area contributed by atoms with Crippen LogP contribution in [0.25, 0.3) is 0 Å². The summed E-state index contributed by atoms with van der Waals surface area (Å²) >= 11 is 7.61. The molecule has 4 heteroatoms. The molecule has 0 unspecified atom stereocenters. The zero-order chi connectivity index (χ0) is 12.3. The largest absolute Gasteiger partial charge is 0.507 e. The molecule has 0 aliphatic heterocycles. The van der Waals surface area contributed by atoms with Crippen LogP contribution in [0.15, 0.2) is 12.1 Å². The van der Waals surface area contributed by atoms with Crippen molar-refractivity contribution in [1.29, 1.82) is 0 Å². The van der Waals surface area contributed by atoms with Gasteiger partial charge in [-0.05, 0) is 24.3 Å². The number of phenols is 1. The molecule has 0 aromatic heterocycles. The van der Waals surface area contributed by atoms with Gasteiger partial charge in [-0.2, -0.15) is 11.8 Å². The monoisotopic (exact) mass is 258 g/mol. The van der Waals surface area contributed by atoms with Crippen molar-refractivity contribution in [2.75, 3.05) is 0 Å². The molecule has 1 rings (SSSR count). The fourth-order valence-corrected chi connectivity index (χ4v) is 2.26. The quantitative estimate of drug-likeness (QED) is 0.833. The molecule has 0 bridgehead atoms. The number of ketones is 1. The fraction of sp³-hybridized carbons (Fsp3) is 0.417. The van der Waals surface area contributed by atoms with E-state index in [1.807, 2.05) is 0 Å². The number of thioether (sulfide) groups is 1. The van der Waals surface area contributed by atoms with E-state index in [2.05, 4.69) is 13.8 Å². The fourth-order valence-electron chi connectivity index (χ4n) is 1.29. The molecular formula is C12H15ClO2S. The van der Waals surface area contributed by atoms with Crippen molar-refractivity contribution < 1.29 is 9.90 Å². The van der Waals surface area contributed by atoms with Gasteiger partial charge in [0.25, 0.3) is 0 Å². The molecule has 0 fully saturated rings. The van der Waals surface area contributed by atoms with Gasteiger partial charge >= 0.3 is 0 Å². The molecule has 0 aliphatic carbocycles. The van der Waals surface area contributed by atoms with Gasteiger partial charge in [-0.3, -0.25) is 4.79 Å². The van der Waals surface area contributed by atoms with Crippen LogP contribution in [-0.2, 0) is 5.75 Å². The minimum atomic E-state index is -0.171. The number of aromatic hydroxyl groups is 1. The van der Waals surface area contributed by atoms with Crippen molar-refractivity contribution in [2.24, 2.45) is 0 Å². The number of Topliss-reactive ketones (excluding diaryl/α,β-unsaturated/α-hetero) is 1. The lowest BCUT2D eigenvalue weighted by molar-refractivity contribution is 0.101. The predicted molar refractivity (Wildman–Crippen MR) is 69.6 cm³/mol. The van der Waals surface area contributed by atoms with E-state index >= 15 is 0 Å². The van der Waals surface area contributed by atoms with E-state index in [-0.39, 0.29) is 11.5 Å². The Morgan fingerprint density at radius 3 is 2.62 bits per heavy atom. The maximum Gasteiger partial charge on any atom is 0.163 e. The van der Waals surface area contributed by atoms with Gasteiger partial charge in [0.1, 0.15) is 5.75 Å². The highest BCUT2D eigenvalue weighted by molar-refractivity contribution is 7.99. The molecule has 1 N–H and O–H groups in total. The Kier molecular flexibility index (Phi) is 4.69. The summed E-state index contributed by atoms with van der Waals surface area (Å²) in [6.07, 6.45) is 0. The summed E-state index contributed by atoms with van der Waals surface area (Å²) in [7, 11) is 0. The molecule has 2 nitrogen and oxygen atoms in total. The average molecular weight is 259 g/mol. The Morgan fingerprint density at radius 1 is 1.50 bits per heavy atom. The van der Waals surface area contributed by atoms with Crippen molar-refractivity contribution >= 4 is 29.1 Å². The second kappa shape index (κ2) is 5.60. The van der Waals surface area contributed by atoms with E-state index in [4.69, 9.17) is 11.6 Å². The van der Waals surface area contributed by atoms with Crippen LogP contribution in [0.4, 0.5) is 0 Å². The summed E-state index contributed by atoms with van der Waals surface area (Å²) in [6, 6.07) is 3.21. The van der Waals surface area contributed by atoms with Crippen LogP contribution in [0.3, 0.4) is 0 Å². The summed E-state index contributed by atoms with van der Waals surface area (Å²) in [4.78, 5) is 11.3. The minimum absolute atomic E-state index is 0.0602. The number of carbonyl (C=O) groups is 1. The standard InChI is InChI=1S/C12H15ClO2S/c1-7(2)16-6-9-4-10(13)5-11(8(3)14)12(9)15/h4-5,7,15H,6H2,1-3H3. The maximum atomic E-state index is 11.3. The van der Waals surface area contributed by atoms with E-state index in [0.29, 0.717) is 21.6 Å². The van der Waals surface area contributed by atoms with E-state index in [9.17, 15) is 9.90 Å². The first-order valence-electron chi connectivity index (χ1n) is 5.05. The van der Waals surface area contributed by atoms with Crippen LogP contribution < -0.4 is 0 Å². The zero-order valence-electron chi connectivity index (χ0n) is 9.58. The number of carbonyl (C=O) groups excluding carboxylic acids is 1. The van der Waals surface area contributed by atoms with Crippen molar-refractivity contribution in [3.8, 4) is 5.75 Å². The molecule has 0 saturated heterocycles. The summed E-state index contributed by atoms with van der Waals surface area (Å²) in [5.41, 5.74) is 1.02. The molecule has 1 aromatic rings. The number of hydrogen-bond acceptors (Lipinski definition) is 3. The Bertz CT molecular complexity index is 402. The average Bonchev–Trinajstić information content (AvgIpc) is 2.18. The molecule has 16 heavy (non-hydrogen) atoms. The van der Waals surface area contributed by atoms with E-state index < -0.39 is 0 Å². The van der Waals surface area contributed by atoms with E-state index in [0.717, 1.165) is 5.56 Å². The van der Waals surface area contributed by atoms with Crippen LogP contribution in [0.5, 0.6) is 5.75 Å². The number of halogens is 1. The van der Waals surface area contributed by atoms with Crippen molar-refractivity contribution in [3.63, 3.8) is 0 Å². The van der Waals surface area contributed by atoms with Gasteiger partial charge < -0.3 is 5.11 Å². The normalized spacial score (nSPS) is 10.8. The summed E-state index contributed by atoms with van der Waals surface area (Å²) in [6.45, 7) is 5.58. The SMILES string of the molecule is CC(=O)c1cc(Cl)cc(CSC(C)C)c1O. The molecular weight excluding hydrogens is 244 g/mol. The van der Waals surface area contributed by atoms with Crippen LogP contribution in [0, 0.1) is 0 Å². The lowest BCUT2D eigenvalue weighted by atomic mass is 10.1. The van der Waals surface area contributed by atoms with Gasteiger partial charge in [0.2, 0.25) is 0 Å². The van der Waals surface area contributed by atoms with Crippen LogP contribution in [-0.4, -0.2) is 16.1 Å². The van der Waals surface area contributed by atoms with Crippen molar-refractivity contribution in [3.05, 3.63) is 28.3 Å². The van der Waals surface area contributed by atoms with Gasteiger partial charge in [-0.1, -0.05) is 25.4 Å². The third-order valence-corrected chi connectivity index (χ3v) is 3.47. The first kappa shape index (κ1) is 13.4. The first-order chi connectivity index (χ1) is 7.41. The minimum Gasteiger partial charge on any atom is -0.507 e. The van der Waals surface area contributed by atoms with Gasteiger partial charge in [-0.15, -0.1) is 0 Å². The molecule has 0 spiro atoms. The first-order valence-corrected chi connectivity index (χ1v) is 6.48. The zero-order valence-corrected chi connectivity index (χ0v) is 11.2. The highest BCUT2D eigenvalue weighted by Crippen LogP contribution is 2.31. The highest BCUT2D eigenvalue weighted by Gasteiger charge is 2.13. The molecule has 0 saturated carbocycles. The Morgan fingerprint density at radius 2 is 2.12 bits per heavy atom. The van der Waals surface area contributed by atoms with Crippen LogP contribution in [0.1, 0.15) is 36.7 Å². The number of phenolic OH excluding ortho intramolecular Hbond substituents is 1. The Labute approximate surface area is 105 Å². The summed E-state index contributed by atoms with van der Waals surface area (Å²) in [5, 5.41) is 10.9. The molecule has 0 atom stereocenters. The highest BCUT2D eigenvalue weighted by atomic mass is 35.5. The Balaban J connectivity index is 3.04. The molecule has 0 radical (unpaired) electrons. The summed E-state index contributed by atoms with van der Waals surface area (Å²) in [5.74, 6) is 0.547. The van der Waals surface area contributed by atoms with Crippen LogP contribution >= 0.6 is 23.4 Å². The van der Waals surface area contributed by atoms with Gasteiger partial charge in [0, 0.05) is 16.3 Å². The lowest BCUT2D eigenvalue weighted by Gasteiger charge is -2.10. The third kappa shape index (κ3) is 3.42. The second-order valence-corrected chi connectivity index (χ2v) is 5.88. The molecule has 0 amide bonds.